The lowest BCUT2D eigenvalue weighted by atomic mass is 9.84. The number of rotatable bonds is 16. The Balaban J connectivity index is 2.13. The maximum absolute atomic E-state index is 9.33. The molecule has 160 valence electrons. The summed E-state index contributed by atoms with van der Waals surface area (Å²) < 4.78 is 11.3. The number of aliphatic hydroxyl groups is 1. The van der Waals surface area contributed by atoms with Crippen molar-refractivity contribution >= 4 is 5.96 Å². The first kappa shape index (κ1) is 24.2. The van der Waals surface area contributed by atoms with Crippen LogP contribution in [0.4, 0.5) is 0 Å². The van der Waals surface area contributed by atoms with Crippen LogP contribution in [-0.4, -0.2) is 63.7 Å². The van der Waals surface area contributed by atoms with Gasteiger partial charge in [0.2, 0.25) is 0 Å². The topological polar surface area (TPSA) is 75.1 Å². The number of nitrogens with zero attached hydrogens (tertiary/aromatic N) is 1. The molecule has 1 aliphatic rings. The van der Waals surface area contributed by atoms with Crippen LogP contribution in [0.1, 0.15) is 71.6 Å². The fourth-order valence-electron chi connectivity index (χ4n) is 3.34. The highest BCUT2D eigenvalue weighted by Crippen LogP contribution is 2.32. The average molecular weight is 386 g/mol. The molecule has 0 spiro atoms. The van der Waals surface area contributed by atoms with E-state index in [1.807, 2.05) is 0 Å². The number of unbranched alkanes of at least 4 members (excludes halogenated alkanes) is 5. The Kier molecular flexibility index (Phi) is 14.5. The lowest BCUT2D eigenvalue weighted by molar-refractivity contribution is 0.128. The molecule has 0 saturated carbocycles. The molecule has 1 unspecified atom stereocenters. The molecular formula is C21H43N3O3. The predicted octanol–water partition coefficient (Wildman–Crippen LogP) is 3.10. The summed E-state index contributed by atoms with van der Waals surface area (Å²) in [6.07, 6.45) is 10.5. The van der Waals surface area contributed by atoms with Gasteiger partial charge >= 0.3 is 0 Å². The molecule has 1 rings (SSSR count). The number of aliphatic hydroxyl groups excluding tert-OH is 1. The van der Waals surface area contributed by atoms with Crippen molar-refractivity contribution < 1.29 is 14.6 Å². The lowest BCUT2D eigenvalue weighted by Gasteiger charge is -2.24. The van der Waals surface area contributed by atoms with Crippen LogP contribution >= 0.6 is 0 Å². The number of hydrogen-bond acceptors (Lipinski definition) is 4. The highest BCUT2D eigenvalue weighted by atomic mass is 16.5. The molecule has 1 heterocycles. The van der Waals surface area contributed by atoms with Gasteiger partial charge in [0.25, 0.3) is 0 Å². The summed E-state index contributed by atoms with van der Waals surface area (Å²) in [7, 11) is 0. The molecule has 0 aromatic carbocycles. The maximum Gasteiger partial charge on any atom is 0.191 e. The predicted molar refractivity (Wildman–Crippen MR) is 112 cm³/mol. The van der Waals surface area contributed by atoms with E-state index in [1.54, 1.807) is 0 Å². The largest absolute Gasteiger partial charge is 0.396 e. The Hall–Kier alpha value is -0.850. The second-order valence-corrected chi connectivity index (χ2v) is 7.63. The van der Waals surface area contributed by atoms with Gasteiger partial charge in [-0.1, -0.05) is 39.0 Å². The minimum atomic E-state index is -0.00264. The molecule has 27 heavy (non-hydrogen) atoms. The van der Waals surface area contributed by atoms with Gasteiger partial charge in [-0.15, -0.1) is 0 Å². The van der Waals surface area contributed by atoms with E-state index in [0.29, 0.717) is 13.2 Å². The Bertz CT molecular complexity index is 372. The zero-order valence-electron chi connectivity index (χ0n) is 17.7. The van der Waals surface area contributed by atoms with Crippen LogP contribution in [0.25, 0.3) is 0 Å². The van der Waals surface area contributed by atoms with Crippen molar-refractivity contribution in [1.82, 2.24) is 10.6 Å². The van der Waals surface area contributed by atoms with E-state index in [9.17, 15) is 5.11 Å². The van der Waals surface area contributed by atoms with E-state index >= 15 is 0 Å². The van der Waals surface area contributed by atoms with Gasteiger partial charge in [-0.25, -0.2) is 0 Å². The molecule has 0 aromatic rings. The maximum atomic E-state index is 9.33. The van der Waals surface area contributed by atoms with Crippen molar-refractivity contribution in [3.63, 3.8) is 0 Å². The molecule has 0 amide bonds. The van der Waals surface area contributed by atoms with E-state index < -0.39 is 0 Å². The Labute approximate surface area is 166 Å². The highest BCUT2D eigenvalue weighted by Gasteiger charge is 2.34. The minimum absolute atomic E-state index is 0.00264. The molecule has 0 aliphatic carbocycles. The number of nitrogens with one attached hydrogen (secondary N) is 2. The van der Waals surface area contributed by atoms with Gasteiger partial charge in [0.1, 0.15) is 0 Å². The molecule has 1 fully saturated rings. The zero-order chi connectivity index (χ0) is 19.6. The normalized spacial score (nSPS) is 20.2. The second kappa shape index (κ2) is 16.1. The Morgan fingerprint density at radius 2 is 1.85 bits per heavy atom. The minimum Gasteiger partial charge on any atom is -0.396 e. The quantitative estimate of drug-likeness (QED) is 0.216. The van der Waals surface area contributed by atoms with Crippen molar-refractivity contribution in [2.75, 3.05) is 52.7 Å². The van der Waals surface area contributed by atoms with Gasteiger partial charge in [0, 0.05) is 44.9 Å². The molecule has 1 aliphatic heterocycles. The summed E-state index contributed by atoms with van der Waals surface area (Å²) in [5.74, 6) is 0.845. The Morgan fingerprint density at radius 1 is 1.07 bits per heavy atom. The third kappa shape index (κ3) is 11.6. The summed E-state index contributed by atoms with van der Waals surface area (Å²) in [5, 5.41) is 16.0. The molecule has 1 saturated heterocycles. The number of guanidine groups is 1. The average Bonchev–Trinajstić information content (AvgIpc) is 3.13. The third-order valence-electron chi connectivity index (χ3n) is 5.14. The van der Waals surface area contributed by atoms with Crippen molar-refractivity contribution in [3.05, 3.63) is 0 Å². The van der Waals surface area contributed by atoms with Crippen LogP contribution in [0, 0.1) is 5.41 Å². The molecule has 0 radical (unpaired) electrons. The third-order valence-corrected chi connectivity index (χ3v) is 5.14. The zero-order valence-corrected chi connectivity index (χ0v) is 17.7. The van der Waals surface area contributed by atoms with Gasteiger partial charge in [-0.2, -0.15) is 0 Å². The van der Waals surface area contributed by atoms with Gasteiger partial charge in [-0.05, 0) is 32.6 Å². The van der Waals surface area contributed by atoms with E-state index in [-0.39, 0.29) is 12.0 Å². The standard InChI is InChI=1S/C21H43N3O3/c1-3-5-6-7-8-9-15-26-16-10-13-23-20(22-4-2)24-18-21(11-14-25)12-17-27-19-21/h25H,3-19H2,1-2H3,(H2,22,23,24). The summed E-state index contributed by atoms with van der Waals surface area (Å²) in [6, 6.07) is 0. The van der Waals surface area contributed by atoms with Crippen molar-refractivity contribution in [2.24, 2.45) is 10.4 Å². The molecule has 1 atom stereocenters. The van der Waals surface area contributed by atoms with E-state index in [4.69, 9.17) is 14.5 Å². The van der Waals surface area contributed by atoms with Crippen LogP contribution < -0.4 is 10.6 Å². The monoisotopic (exact) mass is 385 g/mol. The molecule has 3 N–H and O–H groups in total. The van der Waals surface area contributed by atoms with Gasteiger partial charge in [-0.3, -0.25) is 4.99 Å². The fraction of sp³-hybridized carbons (Fsp3) is 0.952. The second-order valence-electron chi connectivity index (χ2n) is 7.63. The SMILES string of the molecule is CCCCCCCCOCCCNC(=NCC1(CCO)CCOC1)NCC. The van der Waals surface area contributed by atoms with Crippen molar-refractivity contribution in [3.8, 4) is 0 Å². The first-order valence-electron chi connectivity index (χ1n) is 11.0. The summed E-state index contributed by atoms with van der Waals surface area (Å²) in [6.45, 7) is 10.0. The van der Waals surface area contributed by atoms with Crippen LogP contribution in [0.3, 0.4) is 0 Å². The van der Waals surface area contributed by atoms with Crippen LogP contribution in [0.15, 0.2) is 4.99 Å². The molecule has 0 bridgehead atoms. The van der Waals surface area contributed by atoms with Crippen LogP contribution in [-0.2, 0) is 9.47 Å². The number of ether oxygens (including phenoxy) is 2. The smallest absolute Gasteiger partial charge is 0.191 e. The van der Waals surface area contributed by atoms with Crippen molar-refractivity contribution in [1.29, 1.82) is 0 Å². The molecule has 6 nitrogen and oxygen atoms in total. The van der Waals surface area contributed by atoms with E-state index in [2.05, 4.69) is 24.5 Å². The summed E-state index contributed by atoms with van der Waals surface area (Å²) >= 11 is 0. The first-order valence-corrected chi connectivity index (χ1v) is 11.0. The van der Waals surface area contributed by atoms with Crippen LogP contribution in [0.5, 0.6) is 0 Å². The summed E-state index contributed by atoms with van der Waals surface area (Å²) in [4.78, 5) is 4.73. The lowest BCUT2D eigenvalue weighted by Crippen LogP contribution is -2.39. The van der Waals surface area contributed by atoms with E-state index in [1.165, 1.54) is 38.5 Å². The molecular weight excluding hydrogens is 342 g/mol. The highest BCUT2D eigenvalue weighted by molar-refractivity contribution is 5.79. The molecule has 6 heteroatoms. The van der Waals surface area contributed by atoms with Gasteiger partial charge < -0.3 is 25.2 Å². The number of hydrogen-bond donors (Lipinski definition) is 3. The van der Waals surface area contributed by atoms with Gasteiger partial charge in [0.15, 0.2) is 5.96 Å². The Morgan fingerprint density at radius 3 is 2.56 bits per heavy atom. The van der Waals surface area contributed by atoms with Crippen LogP contribution in [0.2, 0.25) is 0 Å². The summed E-state index contributed by atoms with van der Waals surface area (Å²) in [5.41, 5.74) is -0.00264. The fourth-order valence-corrected chi connectivity index (χ4v) is 3.34. The first-order chi connectivity index (χ1) is 13.3. The van der Waals surface area contributed by atoms with Gasteiger partial charge in [0.05, 0.1) is 13.2 Å². The van der Waals surface area contributed by atoms with Crippen molar-refractivity contribution in [2.45, 2.75) is 71.6 Å². The number of aliphatic imine (C=N–C) groups is 1. The molecule has 0 aromatic heterocycles. The van der Waals surface area contributed by atoms with E-state index in [0.717, 1.165) is 58.1 Å².